The van der Waals surface area contributed by atoms with E-state index in [2.05, 4.69) is 5.32 Å². The van der Waals surface area contributed by atoms with E-state index in [1.54, 1.807) is 31.2 Å². The molecule has 9 heteroatoms. The first-order chi connectivity index (χ1) is 13.8. The number of ether oxygens (including phenoxy) is 2. The molecule has 152 valence electrons. The largest absolute Gasteiger partial charge is 0.493 e. The van der Waals surface area contributed by atoms with Crippen LogP contribution in [-0.4, -0.2) is 35.8 Å². The fourth-order valence-corrected chi connectivity index (χ4v) is 2.34. The van der Waals surface area contributed by atoms with E-state index in [0.29, 0.717) is 22.6 Å². The van der Waals surface area contributed by atoms with Gasteiger partial charge in [-0.15, -0.1) is 0 Å². The number of amides is 1. The highest BCUT2D eigenvalue weighted by Gasteiger charge is 2.12. The highest BCUT2D eigenvalue weighted by atomic mass is 16.6. The Bertz CT molecular complexity index is 923. The Hall–Kier alpha value is -3.75. The number of aryl methyl sites for hydroxylation is 1. The molecule has 0 aliphatic carbocycles. The molecule has 9 nitrogen and oxygen atoms in total. The van der Waals surface area contributed by atoms with Gasteiger partial charge in [-0.1, -0.05) is 0 Å². The molecule has 0 fully saturated rings. The fourth-order valence-electron chi connectivity index (χ4n) is 2.34. The molecular formula is C20H20N2O7. The smallest absolute Gasteiger partial charge is 0.309 e. The Balaban J connectivity index is 1.72. The first kappa shape index (κ1) is 21.5. The number of nitrogens with zero attached hydrogens (tertiary/aromatic N) is 1. The summed E-state index contributed by atoms with van der Waals surface area (Å²) in [5.74, 6) is -0.714. The van der Waals surface area contributed by atoms with Crippen LogP contribution in [0, 0.1) is 17.0 Å². The monoisotopic (exact) mass is 400 g/mol. The molecule has 0 aliphatic rings. The fraction of sp³-hybridized carbons (Fsp3) is 0.250. The third-order valence-electron chi connectivity index (χ3n) is 3.89. The van der Waals surface area contributed by atoms with Gasteiger partial charge in [0.05, 0.1) is 18.0 Å². The summed E-state index contributed by atoms with van der Waals surface area (Å²) in [5, 5.41) is 13.3. The standard InChI is InChI=1S/C20H20N2O7/c1-13-11-16(22(26)27)5-8-18(13)21-19(24)12-29-20(25)9-10-28-17-6-3-15(4-7-17)14(2)23/h3-8,11H,9-10,12H2,1-2H3,(H,21,24). The molecule has 0 heterocycles. The molecule has 1 amide bonds. The molecule has 0 unspecified atom stereocenters. The van der Waals surface area contributed by atoms with E-state index < -0.39 is 23.4 Å². The first-order valence-corrected chi connectivity index (χ1v) is 8.70. The van der Waals surface area contributed by atoms with Crippen molar-refractivity contribution in [3.63, 3.8) is 0 Å². The van der Waals surface area contributed by atoms with Crippen molar-refractivity contribution in [2.45, 2.75) is 20.3 Å². The van der Waals surface area contributed by atoms with Crippen molar-refractivity contribution in [2.24, 2.45) is 0 Å². The van der Waals surface area contributed by atoms with Crippen LogP contribution in [0.1, 0.15) is 29.3 Å². The lowest BCUT2D eigenvalue weighted by Crippen LogP contribution is -2.22. The number of non-ortho nitro benzene ring substituents is 1. The number of esters is 1. The third-order valence-corrected chi connectivity index (χ3v) is 3.89. The maximum Gasteiger partial charge on any atom is 0.309 e. The van der Waals surface area contributed by atoms with Gasteiger partial charge in [-0.25, -0.2) is 0 Å². The van der Waals surface area contributed by atoms with Gasteiger partial charge < -0.3 is 14.8 Å². The van der Waals surface area contributed by atoms with Crippen molar-refractivity contribution in [3.8, 4) is 5.75 Å². The lowest BCUT2D eigenvalue weighted by atomic mass is 10.1. The van der Waals surface area contributed by atoms with Crippen LogP contribution >= 0.6 is 0 Å². The van der Waals surface area contributed by atoms with Crippen molar-refractivity contribution < 1.29 is 28.8 Å². The quantitative estimate of drug-likeness (QED) is 0.297. The Labute approximate surface area is 166 Å². The SMILES string of the molecule is CC(=O)c1ccc(OCCC(=O)OCC(=O)Nc2ccc([N+](=O)[O-])cc2C)cc1. The summed E-state index contributed by atoms with van der Waals surface area (Å²) in [4.78, 5) is 45.0. The second kappa shape index (κ2) is 9.98. The summed E-state index contributed by atoms with van der Waals surface area (Å²) in [6.45, 7) is 2.66. The maximum atomic E-state index is 11.9. The average molecular weight is 400 g/mol. The van der Waals surface area contributed by atoms with Crippen LogP contribution in [0.15, 0.2) is 42.5 Å². The van der Waals surface area contributed by atoms with E-state index in [9.17, 15) is 24.5 Å². The van der Waals surface area contributed by atoms with Gasteiger partial charge in [-0.2, -0.15) is 0 Å². The van der Waals surface area contributed by atoms with Gasteiger partial charge in [-0.3, -0.25) is 24.5 Å². The van der Waals surface area contributed by atoms with Crippen LogP contribution in [-0.2, 0) is 14.3 Å². The number of carbonyl (C=O) groups excluding carboxylic acids is 3. The van der Waals surface area contributed by atoms with Crippen LogP contribution in [0.25, 0.3) is 0 Å². The molecule has 1 N–H and O–H groups in total. The molecule has 0 radical (unpaired) electrons. The van der Waals surface area contributed by atoms with Crippen LogP contribution in [0.2, 0.25) is 0 Å². The lowest BCUT2D eigenvalue weighted by Gasteiger charge is -2.09. The van der Waals surface area contributed by atoms with Gasteiger partial charge in [0.1, 0.15) is 5.75 Å². The van der Waals surface area contributed by atoms with Gasteiger partial charge in [0.25, 0.3) is 11.6 Å². The van der Waals surface area contributed by atoms with Crippen molar-refractivity contribution in [3.05, 3.63) is 63.7 Å². The van der Waals surface area contributed by atoms with E-state index in [0.717, 1.165) is 0 Å². The zero-order chi connectivity index (χ0) is 21.4. The molecule has 0 saturated carbocycles. The predicted octanol–water partition coefficient (Wildman–Crippen LogP) is 3.06. The minimum absolute atomic E-state index is 0.0534. The number of anilines is 1. The minimum Gasteiger partial charge on any atom is -0.493 e. The molecule has 2 aromatic carbocycles. The van der Waals surface area contributed by atoms with E-state index >= 15 is 0 Å². The van der Waals surface area contributed by atoms with E-state index in [-0.39, 0.29) is 24.5 Å². The summed E-state index contributed by atoms with van der Waals surface area (Å²) in [6, 6.07) is 10.5. The average Bonchev–Trinajstić information content (AvgIpc) is 2.68. The van der Waals surface area contributed by atoms with Crippen LogP contribution < -0.4 is 10.1 Å². The molecule has 0 spiro atoms. The number of ketones is 1. The molecule has 0 bridgehead atoms. The molecule has 2 aromatic rings. The highest BCUT2D eigenvalue weighted by Crippen LogP contribution is 2.21. The molecule has 0 aliphatic heterocycles. The lowest BCUT2D eigenvalue weighted by molar-refractivity contribution is -0.384. The Morgan fingerprint density at radius 2 is 1.79 bits per heavy atom. The molecule has 0 saturated heterocycles. The van der Waals surface area contributed by atoms with Gasteiger partial charge in [-0.05, 0) is 49.7 Å². The molecular weight excluding hydrogens is 380 g/mol. The second-order valence-corrected chi connectivity index (χ2v) is 6.14. The molecule has 0 atom stereocenters. The van der Waals surface area contributed by atoms with Crippen molar-refractivity contribution in [2.75, 3.05) is 18.5 Å². The van der Waals surface area contributed by atoms with Gasteiger partial charge in [0.15, 0.2) is 12.4 Å². The van der Waals surface area contributed by atoms with E-state index in [4.69, 9.17) is 9.47 Å². The molecule has 29 heavy (non-hydrogen) atoms. The summed E-state index contributed by atoms with van der Waals surface area (Å²) in [5.41, 5.74) is 1.39. The normalized spacial score (nSPS) is 10.1. The minimum atomic E-state index is -0.610. The van der Waals surface area contributed by atoms with Crippen molar-refractivity contribution in [1.29, 1.82) is 0 Å². The number of rotatable bonds is 9. The Morgan fingerprint density at radius 3 is 2.38 bits per heavy atom. The van der Waals surface area contributed by atoms with Gasteiger partial charge >= 0.3 is 5.97 Å². The molecule has 2 rings (SSSR count). The zero-order valence-electron chi connectivity index (χ0n) is 16.0. The second-order valence-electron chi connectivity index (χ2n) is 6.14. The van der Waals surface area contributed by atoms with Gasteiger partial charge in [0, 0.05) is 23.4 Å². The van der Waals surface area contributed by atoms with Gasteiger partial charge in [0.2, 0.25) is 0 Å². The summed E-state index contributed by atoms with van der Waals surface area (Å²) < 4.78 is 10.3. The van der Waals surface area contributed by atoms with Crippen LogP contribution in [0.5, 0.6) is 5.75 Å². The summed E-state index contributed by atoms with van der Waals surface area (Å²) in [6.07, 6.45) is -0.0572. The number of nitro groups is 1. The zero-order valence-corrected chi connectivity index (χ0v) is 16.0. The maximum absolute atomic E-state index is 11.9. The number of hydrogen-bond donors (Lipinski definition) is 1. The summed E-state index contributed by atoms with van der Waals surface area (Å²) in [7, 11) is 0. The van der Waals surface area contributed by atoms with Crippen LogP contribution in [0.3, 0.4) is 0 Å². The predicted molar refractivity (Wildman–Crippen MR) is 104 cm³/mol. The number of benzene rings is 2. The van der Waals surface area contributed by atoms with Crippen LogP contribution in [0.4, 0.5) is 11.4 Å². The Morgan fingerprint density at radius 1 is 1.10 bits per heavy atom. The van der Waals surface area contributed by atoms with E-state index in [1.807, 2.05) is 0 Å². The highest BCUT2D eigenvalue weighted by molar-refractivity contribution is 5.94. The van der Waals surface area contributed by atoms with E-state index in [1.165, 1.54) is 25.1 Å². The molecule has 0 aromatic heterocycles. The van der Waals surface area contributed by atoms with Crippen molar-refractivity contribution >= 4 is 29.0 Å². The number of Topliss-reactive ketones (excluding diaryl/α,β-unsaturated/α-hetero) is 1. The number of carbonyl (C=O) groups is 3. The van der Waals surface area contributed by atoms with Crippen molar-refractivity contribution in [1.82, 2.24) is 0 Å². The topological polar surface area (TPSA) is 125 Å². The number of nitro benzene ring substituents is 1. The number of hydrogen-bond acceptors (Lipinski definition) is 7. The number of nitrogens with one attached hydrogen (secondary N) is 1. The third kappa shape index (κ3) is 6.73. The summed E-state index contributed by atoms with van der Waals surface area (Å²) >= 11 is 0. The first-order valence-electron chi connectivity index (χ1n) is 8.70. The Kier molecular flexibility index (Phi) is 7.41.